The first kappa shape index (κ1) is 24.9. The Kier molecular flexibility index (Phi) is 7.00. The maximum Gasteiger partial charge on any atom is 0.336 e. The molecule has 2 N–H and O–H groups in total. The number of hydrogen-bond acceptors (Lipinski definition) is 4. The summed E-state index contributed by atoms with van der Waals surface area (Å²) in [6, 6.07) is 21.7. The number of carboxylic acids is 1. The summed E-state index contributed by atoms with van der Waals surface area (Å²) >= 11 is 0. The van der Waals surface area contributed by atoms with Crippen molar-refractivity contribution in [2.75, 3.05) is 5.32 Å². The Bertz CT molecular complexity index is 1560. The van der Waals surface area contributed by atoms with Crippen LogP contribution in [0.2, 0.25) is 0 Å². The van der Waals surface area contributed by atoms with Gasteiger partial charge in [0.25, 0.3) is 5.69 Å². The number of hydrogen-bond donors (Lipinski definition) is 2. The summed E-state index contributed by atoms with van der Waals surface area (Å²) in [5.41, 5.74) is 6.25. The summed E-state index contributed by atoms with van der Waals surface area (Å²) in [6.45, 7) is 0. The van der Waals surface area contributed by atoms with Crippen molar-refractivity contribution in [1.82, 2.24) is 0 Å². The SMILES string of the molecule is O=C(O)c1ccc(-c2ccc(F)cc2)cc1C=Cc1ccc(Nc2cccc3c2CCCC3)c([N+](=O)[O-])c1. The number of fused-ring (bicyclic) bond motifs is 1. The highest BCUT2D eigenvalue weighted by atomic mass is 19.1. The molecule has 0 bridgehead atoms. The molecule has 4 aromatic carbocycles. The van der Waals surface area contributed by atoms with Gasteiger partial charge < -0.3 is 10.4 Å². The molecule has 0 atom stereocenters. The fraction of sp³-hybridized carbons (Fsp3) is 0.129. The minimum atomic E-state index is -1.09. The number of carboxylic acid groups (broad SMARTS) is 1. The number of benzene rings is 4. The summed E-state index contributed by atoms with van der Waals surface area (Å²) in [7, 11) is 0. The Morgan fingerprint density at radius 3 is 2.42 bits per heavy atom. The molecule has 0 saturated carbocycles. The Morgan fingerprint density at radius 2 is 1.66 bits per heavy atom. The van der Waals surface area contributed by atoms with E-state index in [0.29, 0.717) is 16.8 Å². The molecule has 1 aliphatic carbocycles. The second-order valence-corrected chi connectivity index (χ2v) is 9.26. The summed E-state index contributed by atoms with van der Waals surface area (Å²) in [5.74, 6) is -1.45. The topological polar surface area (TPSA) is 92.5 Å². The van der Waals surface area contributed by atoms with Gasteiger partial charge in [-0.15, -0.1) is 0 Å². The average Bonchev–Trinajstić information content (AvgIpc) is 2.92. The van der Waals surface area contributed by atoms with Crippen molar-refractivity contribution in [1.29, 1.82) is 0 Å². The zero-order chi connectivity index (χ0) is 26.6. The standard InChI is InChI=1S/C31H25FN2O4/c32-25-14-11-21(12-15-25)23-13-16-27(31(35)36)24(19-23)10-8-20-9-17-29(30(18-20)34(37)38)33-28-7-3-5-22-4-1-2-6-26(22)28/h3,5,7-19,33H,1-2,4,6H2,(H,35,36). The highest BCUT2D eigenvalue weighted by molar-refractivity contribution is 5.95. The molecule has 5 rings (SSSR count). The van der Waals surface area contributed by atoms with Gasteiger partial charge in [-0.2, -0.15) is 0 Å². The van der Waals surface area contributed by atoms with E-state index < -0.39 is 10.9 Å². The first-order valence-electron chi connectivity index (χ1n) is 12.4. The molecule has 0 aromatic heterocycles. The molecule has 6 nitrogen and oxygen atoms in total. The first-order chi connectivity index (χ1) is 18.4. The molecule has 0 aliphatic heterocycles. The van der Waals surface area contributed by atoms with Crippen molar-refractivity contribution in [3.63, 3.8) is 0 Å². The van der Waals surface area contributed by atoms with Gasteiger partial charge in [0.2, 0.25) is 0 Å². The predicted octanol–water partition coefficient (Wildman–Crippen LogP) is 7.89. The molecule has 0 amide bonds. The molecule has 38 heavy (non-hydrogen) atoms. The minimum Gasteiger partial charge on any atom is -0.478 e. The lowest BCUT2D eigenvalue weighted by molar-refractivity contribution is -0.383. The molecule has 7 heteroatoms. The van der Waals surface area contributed by atoms with Crippen molar-refractivity contribution in [2.24, 2.45) is 0 Å². The van der Waals surface area contributed by atoms with Gasteiger partial charge in [-0.1, -0.05) is 48.6 Å². The Morgan fingerprint density at radius 1 is 0.895 bits per heavy atom. The van der Waals surface area contributed by atoms with Gasteiger partial charge in [0, 0.05) is 11.8 Å². The number of nitrogens with zero attached hydrogens (tertiary/aromatic N) is 1. The van der Waals surface area contributed by atoms with Crippen molar-refractivity contribution in [3.8, 4) is 11.1 Å². The molecule has 0 radical (unpaired) electrons. The zero-order valence-electron chi connectivity index (χ0n) is 20.5. The van der Waals surface area contributed by atoms with Crippen LogP contribution >= 0.6 is 0 Å². The lowest BCUT2D eigenvalue weighted by Gasteiger charge is -2.20. The lowest BCUT2D eigenvalue weighted by Crippen LogP contribution is -2.07. The molecular weight excluding hydrogens is 483 g/mol. The second kappa shape index (κ2) is 10.7. The van der Waals surface area contributed by atoms with Gasteiger partial charge in [0.05, 0.1) is 10.5 Å². The fourth-order valence-corrected chi connectivity index (χ4v) is 4.86. The van der Waals surface area contributed by atoms with Crippen LogP contribution in [-0.4, -0.2) is 16.0 Å². The van der Waals surface area contributed by atoms with Crippen LogP contribution in [0, 0.1) is 15.9 Å². The Hall–Kier alpha value is -4.78. The van der Waals surface area contributed by atoms with Gasteiger partial charge in [0.1, 0.15) is 11.5 Å². The number of nitro benzene ring substituents is 1. The van der Waals surface area contributed by atoms with Crippen molar-refractivity contribution >= 4 is 35.2 Å². The maximum absolute atomic E-state index is 13.3. The van der Waals surface area contributed by atoms with Crippen LogP contribution in [0.5, 0.6) is 0 Å². The number of aryl methyl sites for hydroxylation is 1. The fourth-order valence-electron chi connectivity index (χ4n) is 4.86. The smallest absolute Gasteiger partial charge is 0.336 e. The van der Waals surface area contributed by atoms with Gasteiger partial charge in [-0.05, 0) is 95.5 Å². The minimum absolute atomic E-state index is 0.0703. The normalized spacial score (nSPS) is 12.8. The predicted molar refractivity (Wildman–Crippen MR) is 147 cm³/mol. The number of nitrogens with one attached hydrogen (secondary N) is 1. The van der Waals surface area contributed by atoms with Gasteiger partial charge in [0.15, 0.2) is 0 Å². The first-order valence-corrected chi connectivity index (χ1v) is 12.4. The zero-order valence-corrected chi connectivity index (χ0v) is 20.5. The molecule has 0 fully saturated rings. The summed E-state index contributed by atoms with van der Waals surface area (Å²) in [4.78, 5) is 23.3. The maximum atomic E-state index is 13.3. The van der Waals surface area contributed by atoms with Gasteiger partial charge in [-0.3, -0.25) is 10.1 Å². The van der Waals surface area contributed by atoms with Crippen LogP contribution < -0.4 is 5.32 Å². The van der Waals surface area contributed by atoms with Gasteiger partial charge in [-0.25, -0.2) is 9.18 Å². The summed E-state index contributed by atoms with van der Waals surface area (Å²) < 4.78 is 13.3. The molecule has 190 valence electrons. The van der Waals surface area contributed by atoms with Crippen molar-refractivity contribution in [2.45, 2.75) is 25.7 Å². The van der Waals surface area contributed by atoms with Crippen molar-refractivity contribution < 1.29 is 19.2 Å². The molecule has 0 spiro atoms. The third-order valence-electron chi connectivity index (χ3n) is 6.80. The van der Waals surface area contributed by atoms with Crippen LogP contribution in [0.1, 0.15) is 45.5 Å². The number of aromatic carboxylic acids is 1. The monoisotopic (exact) mass is 508 g/mol. The molecule has 4 aromatic rings. The van der Waals surface area contributed by atoms with E-state index in [1.165, 1.54) is 35.4 Å². The summed E-state index contributed by atoms with van der Waals surface area (Å²) in [5, 5.41) is 24.9. The Balaban J connectivity index is 1.46. The lowest BCUT2D eigenvalue weighted by atomic mass is 9.90. The highest BCUT2D eigenvalue weighted by Crippen LogP contribution is 2.34. The number of rotatable bonds is 7. The van der Waals surface area contributed by atoms with Crippen LogP contribution in [0.4, 0.5) is 21.5 Å². The Labute approximate surface area is 219 Å². The average molecular weight is 509 g/mol. The molecule has 0 unspecified atom stereocenters. The molecule has 0 heterocycles. The van der Waals surface area contributed by atoms with E-state index in [0.717, 1.165) is 42.5 Å². The van der Waals surface area contributed by atoms with E-state index in [1.807, 2.05) is 12.1 Å². The van der Waals surface area contributed by atoms with Crippen molar-refractivity contribution in [3.05, 3.63) is 123 Å². The van der Waals surface area contributed by atoms with E-state index in [9.17, 15) is 24.4 Å². The molecule has 1 aliphatic rings. The van der Waals surface area contributed by atoms with Crippen LogP contribution in [0.25, 0.3) is 23.3 Å². The van der Waals surface area contributed by atoms with Crippen LogP contribution in [0.15, 0.2) is 78.9 Å². The van der Waals surface area contributed by atoms with E-state index >= 15 is 0 Å². The second-order valence-electron chi connectivity index (χ2n) is 9.26. The van der Waals surface area contributed by atoms with E-state index in [1.54, 1.807) is 48.6 Å². The number of anilines is 2. The largest absolute Gasteiger partial charge is 0.478 e. The molecular formula is C31H25FN2O4. The van der Waals surface area contributed by atoms with Crippen LogP contribution in [-0.2, 0) is 12.8 Å². The quantitative estimate of drug-likeness (QED) is 0.150. The number of carbonyl (C=O) groups is 1. The highest BCUT2D eigenvalue weighted by Gasteiger charge is 2.18. The number of nitro groups is 1. The third-order valence-corrected chi connectivity index (χ3v) is 6.80. The molecule has 0 saturated heterocycles. The van der Waals surface area contributed by atoms with Gasteiger partial charge >= 0.3 is 5.97 Å². The summed E-state index contributed by atoms with van der Waals surface area (Å²) in [6.07, 6.45) is 7.47. The number of halogens is 1. The van der Waals surface area contributed by atoms with E-state index in [-0.39, 0.29) is 17.1 Å². The third kappa shape index (κ3) is 5.32. The van der Waals surface area contributed by atoms with Crippen LogP contribution in [0.3, 0.4) is 0 Å². The van der Waals surface area contributed by atoms with E-state index in [4.69, 9.17) is 0 Å². The van der Waals surface area contributed by atoms with E-state index in [2.05, 4.69) is 11.4 Å².